The number of hydrogen-bond donors (Lipinski definition) is 0. The lowest BCUT2D eigenvalue weighted by Gasteiger charge is -2.24. The fourth-order valence-electron chi connectivity index (χ4n) is 6.19. The maximum Gasteiger partial charge on any atom is 0.0352 e. The van der Waals surface area contributed by atoms with Crippen molar-refractivity contribution >= 4 is 33.4 Å². The fraction of sp³-hybridized carbons (Fsp3) is 0.294. The minimum absolute atomic E-state index is 1.14. The van der Waals surface area contributed by atoms with Gasteiger partial charge >= 0.3 is 0 Å². The highest BCUT2D eigenvalue weighted by Gasteiger charge is 2.32. The summed E-state index contributed by atoms with van der Waals surface area (Å²) in [5, 5.41) is 7.34. The lowest BCUT2D eigenvalue weighted by atomic mass is 9.80. The Balaban J connectivity index is 1.75. The molecule has 0 radical (unpaired) electrons. The molecule has 0 amide bonds. The van der Waals surface area contributed by atoms with E-state index in [2.05, 4.69) is 85.3 Å². The first kappa shape index (κ1) is 23.7. The second-order valence-corrected chi connectivity index (χ2v) is 11.9. The van der Waals surface area contributed by atoms with Crippen LogP contribution < -0.4 is 0 Å². The van der Waals surface area contributed by atoms with E-state index in [1.165, 1.54) is 92.4 Å². The summed E-state index contributed by atoms with van der Waals surface area (Å²) in [7, 11) is 0. The normalized spacial score (nSPS) is 11.9. The molecule has 3 aromatic carbocycles. The highest BCUT2D eigenvalue weighted by molar-refractivity contribution is 7.14. The molecule has 5 aromatic rings. The topological polar surface area (TPSA) is 0 Å². The van der Waals surface area contributed by atoms with Gasteiger partial charge in [-0.15, -0.1) is 22.7 Å². The van der Waals surface area contributed by atoms with Crippen LogP contribution in [0.25, 0.3) is 53.9 Å². The molecule has 0 aliphatic heterocycles. The molecule has 1 aliphatic rings. The molecule has 1 aliphatic carbocycles. The van der Waals surface area contributed by atoms with Crippen LogP contribution in [0, 0.1) is 0 Å². The van der Waals surface area contributed by atoms with Crippen LogP contribution in [0.4, 0.5) is 0 Å². The van der Waals surface area contributed by atoms with Crippen molar-refractivity contribution in [3.05, 3.63) is 82.6 Å². The third-order valence-electron chi connectivity index (χ3n) is 7.75. The van der Waals surface area contributed by atoms with Crippen molar-refractivity contribution < 1.29 is 0 Å². The van der Waals surface area contributed by atoms with Crippen molar-refractivity contribution in [2.45, 2.75) is 65.2 Å². The zero-order valence-corrected chi connectivity index (χ0v) is 23.0. The van der Waals surface area contributed by atoms with Crippen LogP contribution in [0.15, 0.2) is 71.4 Å². The molecule has 0 saturated heterocycles. The Hall–Kier alpha value is -2.68. The van der Waals surface area contributed by atoms with Gasteiger partial charge in [-0.1, -0.05) is 88.1 Å². The summed E-state index contributed by atoms with van der Waals surface area (Å²) >= 11 is 3.81. The van der Waals surface area contributed by atoms with Gasteiger partial charge in [-0.25, -0.2) is 0 Å². The SMILES string of the molecule is CCCCCc1c(-c2cccs2)c(-c2cccs2)c(CCCCC)c2c1-c1cccc3cccc-2c13. The van der Waals surface area contributed by atoms with E-state index >= 15 is 0 Å². The first-order chi connectivity index (χ1) is 17.8. The third kappa shape index (κ3) is 3.96. The maximum atomic E-state index is 2.39. The minimum atomic E-state index is 1.14. The van der Waals surface area contributed by atoms with Gasteiger partial charge < -0.3 is 0 Å². The number of rotatable bonds is 10. The molecular formula is C34H34S2. The summed E-state index contributed by atoms with van der Waals surface area (Å²) in [5.41, 5.74) is 12.2. The van der Waals surface area contributed by atoms with E-state index in [9.17, 15) is 0 Å². The summed E-state index contributed by atoms with van der Waals surface area (Å²) in [6.45, 7) is 4.63. The molecule has 0 spiro atoms. The van der Waals surface area contributed by atoms with Crippen molar-refractivity contribution in [1.29, 1.82) is 0 Å². The lowest BCUT2D eigenvalue weighted by molar-refractivity contribution is 0.714. The standard InChI is InChI=1S/C34H34S2/c1-3-5-7-15-26-31-24-17-9-13-23-14-10-18-25(30(23)24)32(31)27(16-8-6-4-2)34(29-20-12-22-36-29)33(26)28-19-11-21-35-28/h9-14,17-22H,3-8,15-16H2,1-2H3. The summed E-state index contributed by atoms with van der Waals surface area (Å²) in [6, 6.07) is 23.1. The van der Waals surface area contributed by atoms with Crippen molar-refractivity contribution in [1.82, 2.24) is 0 Å². The molecule has 0 N–H and O–H groups in total. The highest BCUT2D eigenvalue weighted by Crippen LogP contribution is 2.57. The van der Waals surface area contributed by atoms with Crippen molar-refractivity contribution in [2.75, 3.05) is 0 Å². The molecule has 6 rings (SSSR count). The Morgan fingerprint density at radius 3 is 1.44 bits per heavy atom. The van der Waals surface area contributed by atoms with E-state index < -0.39 is 0 Å². The molecule has 0 fully saturated rings. The Kier molecular flexibility index (Phi) is 6.82. The number of hydrogen-bond acceptors (Lipinski definition) is 2. The van der Waals surface area contributed by atoms with Gasteiger partial charge in [-0.2, -0.15) is 0 Å². The molecule has 2 heteroatoms. The van der Waals surface area contributed by atoms with Crippen molar-refractivity contribution in [3.63, 3.8) is 0 Å². The number of unbranched alkanes of at least 4 members (excludes halogenated alkanes) is 4. The van der Waals surface area contributed by atoms with Crippen LogP contribution in [0.3, 0.4) is 0 Å². The largest absolute Gasteiger partial charge is 0.144 e. The van der Waals surface area contributed by atoms with Crippen molar-refractivity contribution in [2.24, 2.45) is 0 Å². The lowest BCUT2D eigenvalue weighted by Crippen LogP contribution is -2.03. The number of benzene rings is 3. The van der Waals surface area contributed by atoms with E-state index in [4.69, 9.17) is 0 Å². The van der Waals surface area contributed by atoms with Crippen LogP contribution in [-0.4, -0.2) is 0 Å². The van der Waals surface area contributed by atoms with E-state index in [-0.39, 0.29) is 0 Å². The van der Waals surface area contributed by atoms with Crippen LogP contribution in [0.1, 0.15) is 63.5 Å². The second-order valence-electron chi connectivity index (χ2n) is 10.0. The van der Waals surface area contributed by atoms with Gasteiger partial charge in [-0.3, -0.25) is 0 Å². The predicted octanol–water partition coefficient (Wildman–Crippen LogP) is 11.4. The third-order valence-corrected chi connectivity index (χ3v) is 9.52. The Bertz CT molecular complexity index is 1380. The molecular weight excluding hydrogens is 473 g/mol. The monoisotopic (exact) mass is 506 g/mol. The summed E-state index contributed by atoms with van der Waals surface area (Å²) in [4.78, 5) is 2.85. The molecule has 0 nitrogen and oxygen atoms in total. The quantitative estimate of drug-likeness (QED) is 0.162. The van der Waals surface area contributed by atoms with E-state index in [1.807, 2.05) is 22.7 Å². The molecule has 0 unspecified atom stereocenters. The molecule has 0 saturated carbocycles. The Morgan fingerprint density at radius 2 is 1.03 bits per heavy atom. The first-order valence-electron chi connectivity index (χ1n) is 13.6. The van der Waals surface area contributed by atoms with Crippen LogP contribution in [-0.2, 0) is 12.8 Å². The molecule has 0 atom stereocenters. The fourth-order valence-corrected chi connectivity index (χ4v) is 7.80. The zero-order valence-electron chi connectivity index (χ0n) is 21.4. The number of fused-ring (bicyclic) bond motifs is 3. The molecule has 2 aromatic heterocycles. The van der Waals surface area contributed by atoms with Gasteiger partial charge in [0.1, 0.15) is 0 Å². The molecule has 36 heavy (non-hydrogen) atoms. The van der Waals surface area contributed by atoms with Gasteiger partial charge in [0.15, 0.2) is 0 Å². The molecule has 2 heterocycles. The van der Waals surface area contributed by atoms with Crippen molar-refractivity contribution in [3.8, 4) is 43.1 Å². The van der Waals surface area contributed by atoms with Crippen LogP contribution in [0.5, 0.6) is 0 Å². The van der Waals surface area contributed by atoms with Gasteiger partial charge in [0.05, 0.1) is 0 Å². The summed E-state index contributed by atoms with van der Waals surface area (Å²) in [6.07, 6.45) is 9.82. The smallest absolute Gasteiger partial charge is 0.0352 e. The second kappa shape index (κ2) is 10.4. The van der Waals surface area contributed by atoms with Gasteiger partial charge in [0.2, 0.25) is 0 Å². The number of thiophene rings is 2. The van der Waals surface area contributed by atoms with Gasteiger partial charge in [-0.05, 0) is 92.7 Å². The van der Waals surface area contributed by atoms with Gasteiger partial charge in [0.25, 0.3) is 0 Å². The predicted molar refractivity (Wildman–Crippen MR) is 161 cm³/mol. The van der Waals surface area contributed by atoms with Crippen LogP contribution >= 0.6 is 22.7 Å². The Morgan fingerprint density at radius 1 is 0.528 bits per heavy atom. The first-order valence-corrected chi connectivity index (χ1v) is 15.4. The molecule has 0 bridgehead atoms. The maximum absolute atomic E-state index is 2.39. The average molecular weight is 507 g/mol. The minimum Gasteiger partial charge on any atom is -0.144 e. The Labute approximate surface area is 223 Å². The summed E-state index contributed by atoms with van der Waals surface area (Å²) in [5.74, 6) is 0. The van der Waals surface area contributed by atoms with Gasteiger partial charge in [0, 0.05) is 20.9 Å². The van der Waals surface area contributed by atoms with Crippen LogP contribution in [0.2, 0.25) is 0 Å². The van der Waals surface area contributed by atoms with E-state index in [1.54, 1.807) is 11.1 Å². The molecule has 182 valence electrons. The average Bonchev–Trinajstić information content (AvgIpc) is 3.67. The highest BCUT2D eigenvalue weighted by atomic mass is 32.1. The van der Waals surface area contributed by atoms with E-state index in [0.717, 1.165) is 12.8 Å². The zero-order chi connectivity index (χ0) is 24.5. The van der Waals surface area contributed by atoms with E-state index in [0.29, 0.717) is 0 Å². The summed E-state index contributed by atoms with van der Waals surface area (Å²) < 4.78 is 0.